The maximum absolute atomic E-state index is 13.1. The van der Waals surface area contributed by atoms with Crippen LogP contribution in [0.25, 0.3) is 11.7 Å². The van der Waals surface area contributed by atoms with Gasteiger partial charge in [-0.3, -0.25) is 14.0 Å². The van der Waals surface area contributed by atoms with Gasteiger partial charge in [0.15, 0.2) is 0 Å². The first kappa shape index (κ1) is 20.8. The van der Waals surface area contributed by atoms with E-state index in [1.54, 1.807) is 24.4 Å². The highest BCUT2D eigenvalue weighted by atomic mass is 16.5. The van der Waals surface area contributed by atoms with Crippen molar-refractivity contribution in [1.29, 1.82) is 5.26 Å². The zero-order valence-corrected chi connectivity index (χ0v) is 17.3. The molecule has 0 saturated heterocycles. The molecular weight excluding hydrogens is 380 g/mol. The lowest BCUT2D eigenvalue weighted by Crippen LogP contribution is -2.22. The molecular formula is C23H22N4O3. The van der Waals surface area contributed by atoms with Gasteiger partial charge in [0.05, 0.1) is 0 Å². The Labute approximate surface area is 174 Å². The molecule has 0 saturated carbocycles. The molecule has 0 radical (unpaired) electrons. The summed E-state index contributed by atoms with van der Waals surface area (Å²) >= 11 is 0. The third-order valence-corrected chi connectivity index (χ3v) is 4.61. The molecule has 0 bridgehead atoms. The molecule has 152 valence electrons. The molecule has 0 aliphatic heterocycles. The molecule has 0 aliphatic rings. The summed E-state index contributed by atoms with van der Waals surface area (Å²) in [6, 6.07) is 12.8. The lowest BCUT2D eigenvalue weighted by atomic mass is 10.0. The summed E-state index contributed by atoms with van der Waals surface area (Å²) in [6.45, 7) is 6.03. The fourth-order valence-electron chi connectivity index (χ4n) is 3.02. The first-order valence-electron chi connectivity index (χ1n) is 9.49. The van der Waals surface area contributed by atoms with E-state index < -0.39 is 11.5 Å². The van der Waals surface area contributed by atoms with Gasteiger partial charge < -0.3 is 10.1 Å². The van der Waals surface area contributed by atoms with Crippen LogP contribution in [0.1, 0.15) is 36.5 Å². The largest absolute Gasteiger partial charge is 0.438 e. The molecule has 3 aromatic rings. The van der Waals surface area contributed by atoms with Gasteiger partial charge in [0, 0.05) is 13.2 Å². The Morgan fingerprint density at radius 1 is 1.30 bits per heavy atom. The summed E-state index contributed by atoms with van der Waals surface area (Å²) in [6.07, 6.45) is 2.79. The first-order valence-corrected chi connectivity index (χ1v) is 9.49. The summed E-state index contributed by atoms with van der Waals surface area (Å²) in [4.78, 5) is 29.6. The van der Waals surface area contributed by atoms with E-state index in [1.165, 1.54) is 17.5 Å². The molecule has 0 fully saturated rings. The summed E-state index contributed by atoms with van der Waals surface area (Å²) in [7, 11) is 1.41. The summed E-state index contributed by atoms with van der Waals surface area (Å²) in [5, 5.41) is 11.8. The normalized spacial score (nSPS) is 11.4. The Kier molecular flexibility index (Phi) is 5.98. The van der Waals surface area contributed by atoms with Crippen LogP contribution in [0.5, 0.6) is 11.6 Å². The SMILES string of the molecule is CNC(=O)/C(C#N)=C/c1c(Oc2cc(C)ccc2C(C)C)nc2ccccn2c1=O. The number of amides is 1. The molecule has 1 amide bonds. The fourth-order valence-corrected chi connectivity index (χ4v) is 3.02. The molecule has 2 heterocycles. The topological polar surface area (TPSA) is 96.5 Å². The van der Waals surface area contributed by atoms with Gasteiger partial charge in [0.25, 0.3) is 11.5 Å². The molecule has 0 aliphatic carbocycles. The molecule has 7 nitrogen and oxygen atoms in total. The van der Waals surface area contributed by atoms with Crippen molar-refractivity contribution in [2.45, 2.75) is 26.7 Å². The Morgan fingerprint density at radius 2 is 2.07 bits per heavy atom. The van der Waals surface area contributed by atoms with Crippen LogP contribution >= 0.6 is 0 Å². The highest BCUT2D eigenvalue weighted by Gasteiger charge is 2.18. The number of rotatable bonds is 5. The van der Waals surface area contributed by atoms with Gasteiger partial charge in [-0.2, -0.15) is 10.2 Å². The molecule has 0 unspecified atom stereocenters. The van der Waals surface area contributed by atoms with Gasteiger partial charge in [-0.05, 0) is 48.2 Å². The number of likely N-dealkylation sites (N-methyl/N-ethyl adjacent to an activating group) is 1. The number of aryl methyl sites for hydroxylation is 1. The number of nitriles is 1. The van der Waals surface area contributed by atoms with Gasteiger partial charge in [0.2, 0.25) is 5.88 Å². The van der Waals surface area contributed by atoms with Crippen molar-refractivity contribution in [3.05, 3.63) is 75.2 Å². The highest BCUT2D eigenvalue weighted by Crippen LogP contribution is 2.32. The maximum Gasteiger partial charge on any atom is 0.269 e. The number of nitrogens with one attached hydrogen (secondary N) is 1. The molecule has 0 spiro atoms. The maximum atomic E-state index is 13.1. The number of carbonyl (C=O) groups excluding carboxylic acids is 1. The van der Waals surface area contributed by atoms with Crippen molar-refractivity contribution in [3.8, 4) is 17.7 Å². The first-order chi connectivity index (χ1) is 14.3. The second-order valence-electron chi connectivity index (χ2n) is 7.11. The van der Waals surface area contributed by atoms with Crippen LogP contribution in [0.3, 0.4) is 0 Å². The minimum absolute atomic E-state index is 0.0232. The van der Waals surface area contributed by atoms with E-state index in [1.807, 2.05) is 45.0 Å². The Hall–Kier alpha value is -3.92. The number of aromatic nitrogens is 2. The van der Waals surface area contributed by atoms with Gasteiger partial charge in [-0.25, -0.2) is 0 Å². The molecule has 1 aromatic carbocycles. The minimum Gasteiger partial charge on any atom is -0.438 e. The molecule has 30 heavy (non-hydrogen) atoms. The van der Waals surface area contributed by atoms with Crippen molar-refractivity contribution >= 4 is 17.6 Å². The number of carbonyl (C=O) groups is 1. The van der Waals surface area contributed by atoms with Crippen molar-refractivity contribution in [2.24, 2.45) is 0 Å². The van der Waals surface area contributed by atoms with Crippen LogP contribution in [0, 0.1) is 18.3 Å². The Bertz CT molecular complexity index is 1250. The zero-order valence-electron chi connectivity index (χ0n) is 17.3. The predicted molar refractivity (Wildman–Crippen MR) is 114 cm³/mol. The zero-order chi connectivity index (χ0) is 21.8. The Morgan fingerprint density at radius 3 is 2.73 bits per heavy atom. The average molecular weight is 402 g/mol. The monoisotopic (exact) mass is 402 g/mol. The molecule has 7 heteroatoms. The second kappa shape index (κ2) is 8.62. The van der Waals surface area contributed by atoms with Crippen molar-refractivity contribution in [1.82, 2.24) is 14.7 Å². The van der Waals surface area contributed by atoms with E-state index in [0.29, 0.717) is 11.4 Å². The van der Waals surface area contributed by atoms with Crippen molar-refractivity contribution in [3.63, 3.8) is 0 Å². The lowest BCUT2D eigenvalue weighted by Gasteiger charge is -2.16. The molecule has 1 N–H and O–H groups in total. The van der Waals surface area contributed by atoms with Crippen LogP contribution < -0.4 is 15.6 Å². The second-order valence-corrected chi connectivity index (χ2v) is 7.11. The number of hydrogen-bond acceptors (Lipinski definition) is 5. The quantitative estimate of drug-likeness (QED) is 0.520. The fraction of sp³-hybridized carbons (Fsp3) is 0.217. The van der Waals surface area contributed by atoms with Crippen molar-refractivity contribution < 1.29 is 9.53 Å². The van der Waals surface area contributed by atoms with Crippen LogP contribution in [-0.4, -0.2) is 22.3 Å². The lowest BCUT2D eigenvalue weighted by molar-refractivity contribution is -0.116. The smallest absolute Gasteiger partial charge is 0.269 e. The highest BCUT2D eigenvalue weighted by molar-refractivity contribution is 6.01. The van der Waals surface area contributed by atoms with Crippen LogP contribution in [0.4, 0.5) is 0 Å². The van der Waals surface area contributed by atoms with Crippen LogP contribution in [-0.2, 0) is 4.79 Å². The summed E-state index contributed by atoms with van der Waals surface area (Å²) in [5.74, 6) is 0.196. The summed E-state index contributed by atoms with van der Waals surface area (Å²) in [5.41, 5.74) is 1.71. The van der Waals surface area contributed by atoms with E-state index in [0.717, 1.165) is 11.1 Å². The average Bonchev–Trinajstić information content (AvgIpc) is 2.73. The number of benzene rings is 1. The van der Waals surface area contributed by atoms with Gasteiger partial charge in [-0.15, -0.1) is 0 Å². The number of ether oxygens (including phenoxy) is 1. The molecule has 0 atom stereocenters. The summed E-state index contributed by atoms with van der Waals surface area (Å²) < 4.78 is 7.46. The van der Waals surface area contributed by atoms with E-state index in [2.05, 4.69) is 10.3 Å². The van der Waals surface area contributed by atoms with Crippen molar-refractivity contribution in [2.75, 3.05) is 7.05 Å². The number of nitrogens with zero attached hydrogens (tertiary/aromatic N) is 3. The van der Waals surface area contributed by atoms with E-state index >= 15 is 0 Å². The van der Waals surface area contributed by atoms with Crippen LogP contribution in [0.2, 0.25) is 0 Å². The predicted octanol–water partition coefficient (Wildman–Crippen LogP) is 3.57. The molecule has 2 aromatic heterocycles. The third kappa shape index (κ3) is 4.08. The number of pyridine rings is 1. The Balaban J connectivity index is 2.28. The van der Waals surface area contributed by atoms with E-state index in [9.17, 15) is 14.9 Å². The molecule has 3 rings (SSSR count). The van der Waals surface area contributed by atoms with Gasteiger partial charge in [0.1, 0.15) is 28.6 Å². The van der Waals surface area contributed by atoms with E-state index in [-0.39, 0.29) is 22.9 Å². The van der Waals surface area contributed by atoms with Gasteiger partial charge >= 0.3 is 0 Å². The number of hydrogen-bond donors (Lipinski definition) is 1. The third-order valence-electron chi connectivity index (χ3n) is 4.61. The van der Waals surface area contributed by atoms with E-state index in [4.69, 9.17) is 4.74 Å². The standard InChI is InChI=1S/C23H22N4O3/c1-14(2)17-9-8-15(3)11-19(17)30-22-18(12-16(13-24)21(28)25-4)23(29)27-10-6-5-7-20(27)26-22/h5-12,14H,1-4H3,(H,25,28)/b16-12+. The van der Waals surface area contributed by atoms with Gasteiger partial charge in [-0.1, -0.05) is 32.0 Å². The minimum atomic E-state index is -0.598. The number of fused-ring (bicyclic) bond motifs is 1. The van der Waals surface area contributed by atoms with Crippen LogP contribution in [0.15, 0.2) is 53.0 Å².